The minimum absolute atomic E-state index is 0. The topological polar surface area (TPSA) is 174 Å². The summed E-state index contributed by atoms with van der Waals surface area (Å²) in [5.41, 5.74) is 5.36. The van der Waals surface area contributed by atoms with Crippen molar-refractivity contribution in [2.75, 3.05) is 13.2 Å². The van der Waals surface area contributed by atoms with Crippen LogP contribution in [0.2, 0.25) is 0 Å². The van der Waals surface area contributed by atoms with Crippen molar-refractivity contribution in [1.82, 2.24) is 15.5 Å². The summed E-state index contributed by atoms with van der Waals surface area (Å²) in [4.78, 5) is 50.1. The molecule has 0 aromatic carbocycles. The van der Waals surface area contributed by atoms with Gasteiger partial charge >= 0.3 is 29.6 Å². The van der Waals surface area contributed by atoms with Crippen LogP contribution in [-0.2, 0) is 23.9 Å². The van der Waals surface area contributed by atoms with Gasteiger partial charge in [0, 0.05) is 29.2 Å². The van der Waals surface area contributed by atoms with Gasteiger partial charge in [-0.2, -0.15) is 0 Å². The van der Waals surface area contributed by atoms with E-state index in [9.17, 15) is 29.4 Å². The number of carbonyl (C=O) groups is 4. The van der Waals surface area contributed by atoms with Crippen LogP contribution in [0.25, 0.3) is 0 Å². The molecule has 13 heteroatoms. The molecule has 0 aromatic rings. The van der Waals surface area contributed by atoms with E-state index in [-0.39, 0.29) is 65.0 Å². The summed E-state index contributed by atoms with van der Waals surface area (Å²) in [5.74, 6) is -3.57. The second kappa shape index (κ2) is 11.7. The number of rotatable bonds is 9. The molecule has 3 rings (SSSR count). The average Bonchev–Trinajstić information content (AvgIpc) is 3.26. The maximum absolute atomic E-state index is 12.5. The van der Waals surface area contributed by atoms with Gasteiger partial charge in [-0.3, -0.25) is 14.4 Å². The fourth-order valence-corrected chi connectivity index (χ4v) is 6.07. The van der Waals surface area contributed by atoms with Gasteiger partial charge in [-0.25, -0.2) is 0 Å². The number of carboxylic acids is 1. The maximum atomic E-state index is 12.5. The first-order valence-corrected chi connectivity index (χ1v) is 11.9. The number of thioether (sulfide) groups is 1. The molecule has 3 amide bonds. The van der Waals surface area contributed by atoms with Gasteiger partial charge in [-0.15, -0.1) is 11.8 Å². The maximum Gasteiger partial charge on any atom is 1.00 e. The summed E-state index contributed by atoms with van der Waals surface area (Å²) in [7, 11) is 0. The number of aliphatic hydroxyl groups excluding tert-OH is 1. The number of hydrogen-bond donors (Lipinski definition) is 4. The number of β-lactam (4-membered cyclic amide) rings is 1. The number of nitrogens with two attached hydrogens (primary N) is 1. The van der Waals surface area contributed by atoms with Crippen LogP contribution < -0.4 is 51.0 Å². The second-order valence-electron chi connectivity index (χ2n) is 8.87. The van der Waals surface area contributed by atoms with Crippen LogP contribution in [0.15, 0.2) is 10.6 Å². The summed E-state index contributed by atoms with van der Waals surface area (Å²) in [6, 6.07) is -1.92. The molecule has 0 radical (unpaired) electrons. The van der Waals surface area contributed by atoms with Crippen LogP contribution in [0.4, 0.5) is 0 Å². The molecule has 8 atom stereocenters. The van der Waals surface area contributed by atoms with E-state index in [1.165, 1.54) is 30.5 Å². The summed E-state index contributed by atoms with van der Waals surface area (Å²) in [6.07, 6.45) is -0.623. The molecule has 0 aromatic heterocycles. The zero-order valence-corrected chi connectivity index (χ0v) is 22.9. The van der Waals surface area contributed by atoms with E-state index in [1.54, 1.807) is 6.92 Å². The molecule has 0 aliphatic carbocycles. The summed E-state index contributed by atoms with van der Waals surface area (Å²) >= 11 is 1.33. The summed E-state index contributed by atoms with van der Waals surface area (Å²) < 4.78 is 5.76. The van der Waals surface area contributed by atoms with Crippen molar-refractivity contribution in [3.05, 3.63) is 10.6 Å². The van der Waals surface area contributed by atoms with E-state index in [4.69, 9.17) is 10.5 Å². The fourth-order valence-electron chi connectivity index (χ4n) is 4.55. The van der Waals surface area contributed by atoms with Gasteiger partial charge in [-0.1, -0.05) is 6.92 Å². The predicted octanol–water partition coefficient (Wildman–Crippen LogP) is -5.33. The van der Waals surface area contributed by atoms with Crippen molar-refractivity contribution in [3.8, 4) is 0 Å². The molecule has 2 fully saturated rings. The SMILES string of the molecule is C[C@H](N)C(=O)N[C@@H](C)C(=O)NC[C@H]1OCC[C@H]1SC1=C(C(=O)[O-])N2C(=O)[C@H]([C@@H](C)O)[C@H]2[C@H]1C.[Na+]. The first-order chi connectivity index (χ1) is 15.5. The normalized spacial score (nSPS) is 30.6. The van der Waals surface area contributed by atoms with E-state index in [1.807, 2.05) is 6.92 Å². The number of carboxylic acid groups (broad SMARTS) is 1. The fraction of sp³-hybridized carbons (Fsp3) is 0.714. The van der Waals surface area contributed by atoms with Crippen LogP contribution in [0.3, 0.4) is 0 Å². The van der Waals surface area contributed by atoms with E-state index in [0.717, 1.165) is 0 Å². The molecule has 3 aliphatic heterocycles. The first-order valence-electron chi connectivity index (χ1n) is 11.0. The van der Waals surface area contributed by atoms with Gasteiger partial charge in [0.2, 0.25) is 17.7 Å². The molecule has 5 N–H and O–H groups in total. The van der Waals surface area contributed by atoms with E-state index in [0.29, 0.717) is 17.9 Å². The van der Waals surface area contributed by atoms with Crippen molar-refractivity contribution in [3.63, 3.8) is 0 Å². The van der Waals surface area contributed by atoms with Gasteiger partial charge in [0.15, 0.2) is 0 Å². The van der Waals surface area contributed by atoms with Crippen LogP contribution >= 0.6 is 11.8 Å². The quantitative estimate of drug-likeness (QED) is 0.176. The Morgan fingerprint density at radius 2 is 1.94 bits per heavy atom. The van der Waals surface area contributed by atoms with Crippen LogP contribution in [-0.4, -0.2) is 82.4 Å². The Morgan fingerprint density at radius 3 is 2.50 bits per heavy atom. The Labute approximate surface area is 224 Å². The Bertz CT molecular complexity index is 868. The first kappa shape index (κ1) is 29.1. The molecular formula is C21H31N4NaO7S. The van der Waals surface area contributed by atoms with Crippen molar-refractivity contribution in [2.24, 2.45) is 17.6 Å². The molecule has 3 aliphatic rings. The molecule has 0 spiro atoms. The van der Waals surface area contributed by atoms with Gasteiger partial charge in [0.1, 0.15) is 6.04 Å². The minimum atomic E-state index is -1.42. The van der Waals surface area contributed by atoms with Crippen molar-refractivity contribution >= 4 is 35.5 Å². The predicted molar refractivity (Wildman–Crippen MR) is 117 cm³/mol. The third-order valence-electron chi connectivity index (χ3n) is 6.37. The number of amides is 3. The summed E-state index contributed by atoms with van der Waals surface area (Å²) in [6.45, 7) is 7.06. The van der Waals surface area contributed by atoms with Crippen molar-refractivity contribution < 1.29 is 63.7 Å². The van der Waals surface area contributed by atoms with E-state index < -0.39 is 47.9 Å². The van der Waals surface area contributed by atoms with Crippen molar-refractivity contribution in [1.29, 1.82) is 0 Å². The minimum Gasteiger partial charge on any atom is -0.543 e. The smallest absolute Gasteiger partial charge is 0.543 e. The van der Waals surface area contributed by atoms with E-state index >= 15 is 0 Å². The number of nitrogens with zero attached hydrogens (tertiary/aromatic N) is 1. The molecule has 2 saturated heterocycles. The van der Waals surface area contributed by atoms with E-state index in [2.05, 4.69) is 10.6 Å². The number of ether oxygens (including phenoxy) is 1. The molecule has 0 bridgehead atoms. The molecule has 34 heavy (non-hydrogen) atoms. The zero-order chi connectivity index (χ0) is 24.6. The Hall–Kier alpha value is -1.15. The number of nitrogens with one attached hydrogen (secondary N) is 2. The molecule has 0 saturated carbocycles. The molecule has 3 heterocycles. The molecular weight excluding hydrogens is 475 g/mol. The van der Waals surface area contributed by atoms with Crippen LogP contribution in [0, 0.1) is 11.8 Å². The standard InChI is InChI=1S/C21H32N4O7S.Na/c1-8-15-14(11(4)26)20(29)25(15)16(21(30)31)17(8)33-13-5-6-32-12(13)7-23-19(28)10(3)24-18(27)9(2)22;/h8-15,26H,5-7,22H2,1-4H3,(H,23,28)(H,24,27)(H,30,31);/q;+1/p-1/t8-,9+,10+,11-,12-,13-,14-,15-;/m1./s1. The number of aliphatic hydroxyl groups is 1. The third kappa shape index (κ3) is 5.63. The Kier molecular flexibility index (Phi) is 10.0. The number of fused-ring (bicyclic) bond motifs is 1. The van der Waals surface area contributed by atoms with Gasteiger partial charge < -0.3 is 41.0 Å². The molecule has 11 nitrogen and oxygen atoms in total. The largest absolute Gasteiger partial charge is 1.00 e. The number of carbonyl (C=O) groups excluding carboxylic acids is 4. The Morgan fingerprint density at radius 1 is 1.29 bits per heavy atom. The average molecular weight is 507 g/mol. The second-order valence-corrected chi connectivity index (χ2v) is 10.2. The van der Waals surface area contributed by atoms with Crippen LogP contribution in [0.5, 0.6) is 0 Å². The number of aliphatic carboxylic acids is 1. The summed E-state index contributed by atoms with van der Waals surface area (Å²) in [5, 5.41) is 27.0. The van der Waals surface area contributed by atoms with Gasteiger partial charge in [-0.05, 0) is 27.2 Å². The van der Waals surface area contributed by atoms with Crippen molar-refractivity contribution in [2.45, 2.75) is 69.7 Å². The monoisotopic (exact) mass is 506 g/mol. The third-order valence-corrected chi connectivity index (χ3v) is 8.03. The van der Waals surface area contributed by atoms with Gasteiger partial charge in [0.05, 0.1) is 41.9 Å². The van der Waals surface area contributed by atoms with Gasteiger partial charge in [0.25, 0.3) is 0 Å². The Balaban J connectivity index is 0.00000408. The zero-order valence-electron chi connectivity index (χ0n) is 20.1. The number of hydrogen-bond acceptors (Lipinski definition) is 9. The molecule has 184 valence electrons. The van der Waals surface area contributed by atoms with Crippen LogP contribution in [0.1, 0.15) is 34.1 Å². The molecule has 0 unspecified atom stereocenters.